The topological polar surface area (TPSA) is 103 Å². The number of hydrogen-bond donors (Lipinski definition) is 2. The zero-order chi connectivity index (χ0) is 16.9. The maximum atomic E-state index is 12.1. The van der Waals surface area contributed by atoms with Gasteiger partial charge in [0.05, 0.1) is 19.8 Å². The van der Waals surface area contributed by atoms with E-state index in [1.54, 1.807) is 30.3 Å². The average molecular weight is 331 g/mol. The molecule has 126 valence electrons. The second-order valence-electron chi connectivity index (χ2n) is 5.18. The number of ether oxygens (including phenoxy) is 2. The Bertz CT molecular complexity index is 762. The number of aliphatic hydroxyl groups is 1. The Hall–Kier alpha value is -2.55. The first-order chi connectivity index (χ1) is 11.7. The van der Waals surface area contributed by atoms with Crippen molar-refractivity contribution in [3.63, 3.8) is 0 Å². The second kappa shape index (κ2) is 7.35. The molecule has 1 aromatic carbocycles. The summed E-state index contributed by atoms with van der Waals surface area (Å²) in [6.07, 6.45) is 0.156. The largest absolute Gasteiger partial charge is 0.391 e. The van der Waals surface area contributed by atoms with E-state index < -0.39 is 18.2 Å². The molecule has 1 aromatic heterocycles. The third-order valence-electron chi connectivity index (χ3n) is 3.55. The molecule has 2 N–H and O–H groups in total. The maximum Gasteiger partial charge on any atom is 0.351 e. The molecule has 0 amide bonds. The van der Waals surface area contributed by atoms with Crippen LogP contribution in [0.1, 0.15) is 16.6 Å². The van der Waals surface area contributed by atoms with Gasteiger partial charge in [0.2, 0.25) is 0 Å². The average Bonchev–Trinajstić information content (AvgIpc) is 3.09. The number of aromatic nitrogens is 2. The van der Waals surface area contributed by atoms with Crippen molar-refractivity contribution in [1.29, 1.82) is 0 Å². The zero-order valence-corrected chi connectivity index (χ0v) is 12.8. The van der Waals surface area contributed by atoms with Crippen LogP contribution in [0.2, 0.25) is 0 Å². The zero-order valence-electron chi connectivity index (χ0n) is 12.8. The van der Waals surface area contributed by atoms with Crippen LogP contribution in [-0.4, -0.2) is 46.5 Å². The molecule has 24 heavy (non-hydrogen) atoms. The van der Waals surface area contributed by atoms with Crippen molar-refractivity contribution in [2.24, 2.45) is 0 Å². The molecule has 0 bridgehead atoms. The van der Waals surface area contributed by atoms with Crippen molar-refractivity contribution >= 4 is 11.6 Å². The fraction of sp³-hybridized carbons (Fsp3) is 0.312. The third kappa shape index (κ3) is 3.67. The summed E-state index contributed by atoms with van der Waals surface area (Å²) >= 11 is 0. The minimum atomic E-state index is -0.733. The van der Waals surface area contributed by atoms with Gasteiger partial charge in [0.1, 0.15) is 5.82 Å². The summed E-state index contributed by atoms with van der Waals surface area (Å²) in [5.74, 6) is 0.207. The first-order valence-corrected chi connectivity index (χ1v) is 7.46. The second-order valence-corrected chi connectivity index (χ2v) is 5.18. The Balaban J connectivity index is 1.63. The number of rotatable bonds is 6. The number of anilines is 1. The minimum Gasteiger partial charge on any atom is -0.391 e. The van der Waals surface area contributed by atoms with Gasteiger partial charge in [-0.25, -0.2) is 4.79 Å². The lowest BCUT2D eigenvalue weighted by Gasteiger charge is -2.13. The van der Waals surface area contributed by atoms with Gasteiger partial charge < -0.3 is 19.9 Å². The SMILES string of the molecule is O=C(CNc1ccn([C@@H]2CO[C@H](CO)O2)c(=O)n1)c1ccccc1. The Morgan fingerprint density at radius 3 is 2.79 bits per heavy atom. The molecule has 0 unspecified atom stereocenters. The third-order valence-corrected chi connectivity index (χ3v) is 3.55. The molecule has 1 aliphatic heterocycles. The number of ketones is 1. The van der Waals surface area contributed by atoms with Gasteiger partial charge in [-0.1, -0.05) is 30.3 Å². The molecule has 2 heterocycles. The highest BCUT2D eigenvalue weighted by Crippen LogP contribution is 2.19. The van der Waals surface area contributed by atoms with Gasteiger partial charge in [-0.3, -0.25) is 9.36 Å². The van der Waals surface area contributed by atoms with Gasteiger partial charge in [0.25, 0.3) is 0 Å². The molecule has 2 atom stereocenters. The highest BCUT2D eigenvalue weighted by molar-refractivity contribution is 5.98. The van der Waals surface area contributed by atoms with Gasteiger partial charge in [0, 0.05) is 11.8 Å². The van der Waals surface area contributed by atoms with Crippen molar-refractivity contribution in [1.82, 2.24) is 9.55 Å². The lowest BCUT2D eigenvalue weighted by Crippen LogP contribution is -2.29. The smallest absolute Gasteiger partial charge is 0.351 e. The molecule has 0 radical (unpaired) electrons. The molecule has 8 nitrogen and oxygen atoms in total. The first kappa shape index (κ1) is 16.3. The number of benzene rings is 1. The quantitative estimate of drug-likeness (QED) is 0.739. The predicted octanol–water partition coefficient (Wildman–Crippen LogP) is 0.402. The van der Waals surface area contributed by atoms with E-state index >= 15 is 0 Å². The van der Waals surface area contributed by atoms with Gasteiger partial charge >= 0.3 is 5.69 Å². The van der Waals surface area contributed by atoms with E-state index in [4.69, 9.17) is 14.6 Å². The Morgan fingerprint density at radius 1 is 1.33 bits per heavy atom. The van der Waals surface area contributed by atoms with E-state index in [1.165, 1.54) is 10.8 Å². The molecular weight excluding hydrogens is 314 g/mol. The van der Waals surface area contributed by atoms with Crippen LogP contribution in [0.3, 0.4) is 0 Å². The molecule has 3 rings (SSSR count). The normalized spacial score (nSPS) is 20.0. The van der Waals surface area contributed by atoms with E-state index in [1.807, 2.05) is 6.07 Å². The summed E-state index contributed by atoms with van der Waals surface area (Å²) < 4.78 is 11.8. The Morgan fingerprint density at radius 2 is 2.12 bits per heavy atom. The fourth-order valence-corrected chi connectivity index (χ4v) is 2.31. The highest BCUT2D eigenvalue weighted by atomic mass is 16.7. The number of hydrogen-bond acceptors (Lipinski definition) is 7. The van der Waals surface area contributed by atoms with Crippen molar-refractivity contribution in [3.05, 3.63) is 58.6 Å². The number of carbonyl (C=O) groups is 1. The molecule has 1 aliphatic rings. The number of nitrogens with one attached hydrogen (secondary N) is 1. The fourth-order valence-electron chi connectivity index (χ4n) is 2.31. The first-order valence-electron chi connectivity index (χ1n) is 7.46. The minimum absolute atomic E-state index is 0.0378. The van der Waals surface area contributed by atoms with Gasteiger partial charge in [-0.15, -0.1) is 0 Å². The lowest BCUT2D eigenvalue weighted by atomic mass is 10.1. The molecular formula is C16H17N3O5. The van der Waals surface area contributed by atoms with Crippen LogP contribution in [-0.2, 0) is 9.47 Å². The molecule has 2 aromatic rings. The molecule has 0 spiro atoms. The molecule has 0 saturated carbocycles. The van der Waals surface area contributed by atoms with Crippen molar-refractivity contribution in [3.8, 4) is 0 Å². The van der Waals surface area contributed by atoms with Crippen LogP contribution in [0.25, 0.3) is 0 Å². The number of aliphatic hydroxyl groups excluding tert-OH is 1. The number of nitrogens with zero attached hydrogens (tertiary/aromatic N) is 2. The molecule has 8 heteroatoms. The van der Waals surface area contributed by atoms with Crippen LogP contribution in [0.5, 0.6) is 0 Å². The summed E-state index contributed by atoms with van der Waals surface area (Å²) in [6, 6.07) is 10.4. The number of Topliss-reactive ketones (excluding diaryl/α,β-unsaturated/α-hetero) is 1. The summed E-state index contributed by atoms with van der Waals surface area (Å²) in [6.45, 7) is -0.0813. The van der Waals surface area contributed by atoms with E-state index in [-0.39, 0.29) is 25.5 Å². The Kier molecular flexibility index (Phi) is 4.99. The summed E-state index contributed by atoms with van der Waals surface area (Å²) in [5.41, 5.74) is 0.0595. The van der Waals surface area contributed by atoms with Crippen LogP contribution in [0.4, 0.5) is 5.82 Å². The summed E-state index contributed by atoms with van der Waals surface area (Å²) in [7, 11) is 0. The van der Waals surface area contributed by atoms with E-state index in [0.29, 0.717) is 11.4 Å². The van der Waals surface area contributed by atoms with Crippen LogP contribution < -0.4 is 11.0 Å². The van der Waals surface area contributed by atoms with Crippen LogP contribution in [0.15, 0.2) is 47.4 Å². The van der Waals surface area contributed by atoms with Gasteiger partial charge in [-0.2, -0.15) is 4.98 Å². The summed E-state index contributed by atoms with van der Waals surface area (Å²) in [5, 5.41) is 11.8. The van der Waals surface area contributed by atoms with Crippen molar-refractivity contribution in [2.75, 3.05) is 25.1 Å². The van der Waals surface area contributed by atoms with E-state index in [0.717, 1.165) is 0 Å². The molecule has 1 saturated heterocycles. The van der Waals surface area contributed by atoms with Gasteiger partial charge in [-0.05, 0) is 6.07 Å². The van der Waals surface area contributed by atoms with Crippen LogP contribution >= 0.6 is 0 Å². The monoisotopic (exact) mass is 331 g/mol. The number of carbonyl (C=O) groups excluding carboxylic acids is 1. The van der Waals surface area contributed by atoms with Crippen molar-refractivity contribution in [2.45, 2.75) is 12.5 Å². The van der Waals surface area contributed by atoms with E-state index in [2.05, 4.69) is 10.3 Å². The maximum absolute atomic E-state index is 12.1. The van der Waals surface area contributed by atoms with Crippen molar-refractivity contribution < 1.29 is 19.4 Å². The Labute approximate surface area is 137 Å². The highest BCUT2D eigenvalue weighted by Gasteiger charge is 2.27. The predicted molar refractivity (Wildman–Crippen MR) is 84.7 cm³/mol. The standard InChI is InChI=1S/C16H17N3O5/c20-9-15-23-10-14(24-15)19-7-6-13(18-16(19)22)17-8-12(21)11-4-2-1-3-5-11/h1-7,14-15,20H,8-10H2,(H,17,18,22)/t14-,15-/m0/s1. The van der Waals surface area contributed by atoms with Crippen LogP contribution in [0, 0.1) is 0 Å². The van der Waals surface area contributed by atoms with Gasteiger partial charge in [0.15, 0.2) is 18.3 Å². The lowest BCUT2D eigenvalue weighted by molar-refractivity contribution is -0.0992. The molecule has 1 fully saturated rings. The summed E-state index contributed by atoms with van der Waals surface area (Å²) in [4.78, 5) is 28.0. The molecule has 0 aliphatic carbocycles. The van der Waals surface area contributed by atoms with E-state index in [9.17, 15) is 9.59 Å².